The molecular formula is C23H26ClNO2. The zero-order valence-electron chi connectivity index (χ0n) is 15.8. The molecular weight excluding hydrogens is 358 g/mol. The second kappa shape index (κ2) is 10.1. The molecule has 3 rings (SSSR count). The van der Waals surface area contributed by atoms with Crippen molar-refractivity contribution in [1.29, 1.82) is 0 Å². The van der Waals surface area contributed by atoms with E-state index in [2.05, 4.69) is 54.7 Å². The minimum Gasteiger partial charge on any atom is -0.465 e. The highest BCUT2D eigenvalue weighted by atomic mass is 35.5. The molecule has 0 spiro atoms. The molecule has 0 radical (unpaired) electrons. The number of fused-ring (bicyclic) bond motifs is 1. The molecule has 0 saturated heterocycles. The maximum absolute atomic E-state index is 11.8. The van der Waals surface area contributed by atoms with Crippen LogP contribution in [0.4, 0.5) is 0 Å². The van der Waals surface area contributed by atoms with Gasteiger partial charge in [0.15, 0.2) is 0 Å². The van der Waals surface area contributed by atoms with Crippen molar-refractivity contribution in [3.8, 4) is 0 Å². The Hall–Kier alpha value is -2.36. The minimum atomic E-state index is -0.266. The first-order valence-electron chi connectivity index (χ1n) is 9.08. The van der Waals surface area contributed by atoms with Crippen LogP contribution in [0.3, 0.4) is 0 Å². The SMILES string of the molecule is COC(=O)c1ccccc1CCCN[C@H](C)c1cccc2ccccc12.Cl. The maximum Gasteiger partial charge on any atom is 0.338 e. The van der Waals surface area contributed by atoms with E-state index in [1.165, 1.54) is 23.4 Å². The predicted octanol–water partition coefficient (Wildman–Crippen LogP) is 5.33. The largest absolute Gasteiger partial charge is 0.465 e. The number of ether oxygens (including phenoxy) is 1. The first-order chi connectivity index (χ1) is 12.7. The second-order valence-electron chi connectivity index (χ2n) is 6.50. The lowest BCUT2D eigenvalue weighted by Gasteiger charge is -2.17. The molecule has 0 aliphatic heterocycles. The highest BCUT2D eigenvalue weighted by Gasteiger charge is 2.11. The third-order valence-corrected chi connectivity index (χ3v) is 4.79. The topological polar surface area (TPSA) is 38.3 Å². The van der Waals surface area contributed by atoms with Gasteiger partial charge in [-0.05, 0) is 54.3 Å². The van der Waals surface area contributed by atoms with Gasteiger partial charge < -0.3 is 10.1 Å². The molecule has 0 aromatic heterocycles. The molecule has 3 nitrogen and oxygen atoms in total. The van der Waals surface area contributed by atoms with Crippen molar-refractivity contribution in [3.63, 3.8) is 0 Å². The third-order valence-electron chi connectivity index (χ3n) is 4.79. The highest BCUT2D eigenvalue weighted by Crippen LogP contribution is 2.24. The average Bonchev–Trinajstić information content (AvgIpc) is 2.70. The Balaban J connectivity index is 0.00000261. The van der Waals surface area contributed by atoms with E-state index in [-0.39, 0.29) is 24.4 Å². The monoisotopic (exact) mass is 383 g/mol. The molecule has 0 aliphatic carbocycles. The van der Waals surface area contributed by atoms with E-state index >= 15 is 0 Å². The fourth-order valence-corrected chi connectivity index (χ4v) is 3.38. The van der Waals surface area contributed by atoms with Crippen LogP contribution in [0.2, 0.25) is 0 Å². The molecule has 27 heavy (non-hydrogen) atoms. The average molecular weight is 384 g/mol. The predicted molar refractivity (Wildman–Crippen MR) is 114 cm³/mol. The molecule has 0 amide bonds. The molecule has 1 atom stereocenters. The Morgan fingerprint density at radius 2 is 1.70 bits per heavy atom. The first-order valence-corrected chi connectivity index (χ1v) is 9.08. The fourth-order valence-electron chi connectivity index (χ4n) is 3.38. The van der Waals surface area contributed by atoms with Gasteiger partial charge in [-0.15, -0.1) is 12.4 Å². The third kappa shape index (κ3) is 5.09. The summed E-state index contributed by atoms with van der Waals surface area (Å²) < 4.78 is 4.87. The van der Waals surface area contributed by atoms with Crippen molar-refractivity contribution in [3.05, 3.63) is 83.4 Å². The van der Waals surface area contributed by atoms with Crippen LogP contribution in [-0.2, 0) is 11.2 Å². The molecule has 0 heterocycles. The van der Waals surface area contributed by atoms with Gasteiger partial charge in [-0.1, -0.05) is 60.7 Å². The van der Waals surface area contributed by atoms with Crippen LogP contribution in [0.1, 0.15) is 40.9 Å². The number of nitrogens with one attached hydrogen (secondary N) is 1. The summed E-state index contributed by atoms with van der Waals surface area (Å²) in [6.45, 7) is 3.09. The lowest BCUT2D eigenvalue weighted by atomic mass is 9.99. The number of hydrogen-bond acceptors (Lipinski definition) is 3. The van der Waals surface area contributed by atoms with Crippen molar-refractivity contribution in [2.45, 2.75) is 25.8 Å². The summed E-state index contributed by atoms with van der Waals surface area (Å²) in [6, 6.07) is 22.9. The van der Waals surface area contributed by atoms with Gasteiger partial charge in [0.2, 0.25) is 0 Å². The second-order valence-corrected chi connectivity index (χ2v) is 6.50. The highest BCUT2D eigenvalue weighted by molar-refractivity contribution is 5.91. The molecule has 0 aliphatic rings. The Morgan fingerprint density at radius 3 is 2.52 bits per heavy atom. The number of methoxy groups -OCH3 is 1. The van der Waals surface area contributed by atoms with E-state index in [0.29, 0.717) is 5.56 Å². The summed E-state index contributed by atoms with van der Waals surface area (Å²) >= 11 is 0. The summed E-state index contributed by atoms with van der Waals surface area (Å²) in [5.41, 5.74) is 3.02. The van der Waals surface area contributed by atoms with Gasteiger partial charge in [0.25, 0.3) is 0 Å². The van der Waals surface area contributed by atoms with E-state index in [1.54, 1.807) is 0 Å². The molecule has 142 valence electrons. The molecule has 3 aromatic rings. The van der Waals surface area contributed by atoms with Crippen molar-refractivity contribution >= 4 is 29.1 Å². The van der Waals surface area contributed by atoms with E-state index in [4.69, 9.17) is 4.74 Å². The summed E-state index contributed by atoms with van der Waals surface area (Å²) in [5.74, 6) is -0.266. The number of rotatable bonds is 7. The quantitative estimate of drug-likeness (QED) is 0.442. The first kappa shape index (κ1) is 20.9. The van der Waals surface area contributed by atoms with Crippen molar-refractivity contribution in [2.75, 3.05) is 13.7 Å². The molecule has 3 aromatic carbocycles. The normalized spacial score (nSPS) is 11.6. The Morgan fingerprint density at radius 1 is 1.00 bits per heavy atom. The smallest absolute Gasteiger partial charge is 0.338 e. The van der Waals surface area contributed by atoms with Crippen molar-refractivity contribution in [2.24, 2.45) is 0 Å². The van der Waals surface area contributed by atoms with Gasteiger partial charge >= 0.3 is 5.97 Å². The van der Waals surface area contributed by atoms with Crippen LogP contribution in [0.15, 0.2) is 66.7 Å². The lowest BCUT2D eigenvalue weighted by molar-refractivity contribution is 0.0599. The Kier molecular flexibility index (Phi) is 7.83. The number of halogens is 1. The van der Waals surface area contributed by atoms with Crippen LogP contribution in [0, 0.1) is 0 Å². The molecule has 0 saturated carbocycles. The van der Waals surface area contributed by atoms with Gasteiger partial charge in [0.05, 0.1) is 12.7 Å². The van der Waals surface area contributed by atoms with Gasteiger partial charge in [-0.2, -0.15) is 0 Å². The van der Waals surface area contributed by atoms with E-state index in [9.17, 15) is 4.79 Å². The standard InChI is InChI=1S/C23H25NO2.ClH/c1-17(20-15-7-11-18-9-3-5-13-21(18)20)24-16-8-12-19-10-4-6-14-22(19)23(25)26-2;/h3-7,9-11,13-15,17,24H,8,12,16H2,1-2H3;1H/t17-;/m1./s1. The summed E-state index contributed by atoms with van der Waals surface area (Å²) in [4.78, 5) is 11.8. The van der Waals surface area contributed by atoms with Crippen molar-refractivity contribution < 1.29 is 9.53 Å². The number of carbonyl (C=O) groups excluding carboxylic acids is 1. The van der Waals surface area contributed by atoms with Crippen LogP contribution in [-0.4, -0.2) is 19.6 Å². The molecule has 1 N–H and O–H groups in total. The van der Waals surface area contributed by atoms with Gasteiger partial charge in [0.1, 0.15) is 0 Å². The number of benzene rings is 3. The van der Waals surface area contributed by atoms with Crippen LogP contribution < -0.4 is 5.32 Å². The van der Waals surface area contributed by atoms with Crippen LogP contribution in [0.25, 0.3) is 10.8 Å². The summed E-state index contributed by atoms with van der Waals surface area (Å²) in [5, 5.41) is 6.17. The summed E-state index contributed by atoms with van der Waals surface area (Å²) in [6.07, 6.45) is 1.81. The Bertz CT molecular complexity index is 889. The number of hydrogen-bond donors (Lipinski definition) is 1. The zero-order valence-corrected chi connectivity index (χ0v) is 16.6. The fraction of sp³-hybridized carbons (Fsp3) is 0.261. The van der Waals surface area contributed by atoms with E-state index < -0.39 is 0 Å². The minimum absolute atomic E-state index is 0. The van der Waals surface area contributed by atoms with Gasteiger partial charge in [0, 0.05) is 6.04 Å². The molecule has 4 heteroatoms. The number of esters is 1. The van der Waals surface area contributed by atoms with Crippen molar-refractivity contribution in [1.82, 2.24) is 5.32 Å². The Labute approximate surface area is 167 Å². The maximum atomic E-state index is 11.8. The van der Waals surface area contributed by atoms with Crippen LogP contribution in [0.5, 0.6) is 0 Å². The number of aryl methyl sites for hydroxylation is 1. The van der Waals surface area contributed by atoms with Crippen LogP contribution >= 0.6 is 12.4 Å². The van der Waals surface area contributed by atoms with E-state index in [1.807, 2.05) is 24.3 Å². The van der Waals surface area contributed by atoms with Gasteiger partial charge in [-0.25, -0.2) is 4.79 Å². The molecule has 0 unspecified atom stereocenters. The summed E-state index contributed by atoms with van der Waals surface area (Å²) in [7, 11) is 1.42. The zero-order chi connectivity index (χ0) is 18.4. The molecule has 0 bridgehead atoms. The number of carbonyl (C=O) groups is 1. The lowest BCUT2D eigenvalue weighted by Crippen LogP contribution is -2.20. The molecule has 0 fully saturated rings. The van der Waals surface area contributed by atoms with Gasteiger partial charge in [-0.3, -0.25) is 0 Å². The van der Waals surface area contributed by atoms with E-state index in [0.717, 1.165) is 24.9 Å².